The molecule has 0 aromatic heterocycles. The van der Waals surface area contributed by atoms with Crippen molar-refractivity contribution in [3.63, 3.8) is 0 Å². The molecule has 0 aliphatic rings. The lowest BCUT2D eigenvalue weighted by molar-refractivity contribution is -0.124. The maximum Gasteiger partial charge on any atom is 0.258 e. The Labute approximate surface area is 183 Å². The third-order valence-corrected chi connectivity index (χ3v) is 4.44. The number of benzene rings is 2. The van der Waals surface area contributed by atoms with Crippen LogP contribution in [-0.4, -0.2) is 31.8 Å². The first-order valence-electron chi connectivity index (χ1n) is 9.94. The van der Waals surface area contributed by atoms with Gasteiger partial charge in [-0.1, -0.05) is 23.7 Å². The van der Waals surface area contributed by atoms with Crippen molar-refractivity contribution in [2.45, 2.75) is 46.3 Å². The summed E-state index contributed by atoms with van der Waals surface area (Å²) < 4.78 is 16.5. The lowest BCUT2D eigenvalue weighted by Crippen LogP contribution is -2.43. The van der Waals surface area contributed by atoms with Crippen LogP contribution in [0.4, 0.5) is 0 Å². The van der Waals surface area contributed by atoms with Crippen LogP contribution in [0.2, 0.25) is 5.02 Å². The molecule has 0 heterocycles. The normalized spacial score (nSPS) is 11.1. The Kier molecular flexibility index (Phi) is 8.81. The molecule has 7 heteroatoms. The van der Waals surface area contributed by atoms with Gasteiger partial charge in [0.05, 0.1) is 13.7 Å². The average molecular weight is 435 g/mol. The molecule has 0 aliphatic heterocycles. The SMILES string of the molecule is CCOc1cc(CNCc2ccc(OC)cc2)c(Cl)cc1OCC(=O)NC(C)(C)C. The minimum absolute atomic E-state index is 0.108. The molecule has 0 unspecified atom stereocenters. The number of carbonyl (C=O) groups is 1. The van der Waals surface area contributed by atoms with E-state index in [9.17, 15) is 4.79 Å². The molecule has 2 N–H and O–H groups in total. The molecule has 2 aromatic carbocycles. The number of methoxy groups -OCH3 is 1. The van der Waals surface area contributed by atoms with Crippen molar-refractivity contribution >= 4 is 17.5 Å². The van der Waals surface area contributed by atoms with E-state index in [1.54, 1.807) is 13.2 Å². The predicted molar refractivity (Wildman–Crippen MR) is 120 cm³/mol. The molecule has 0 saturated heterocycles. The molecule has 0 aliphatic carbocycles. The molecule has 1 amide bonds. The fraction of sp³-hybridized carbons (Fsp3) is 0.435. The summed E-state index contributed by atoms with van der Waals surface area (Å²) in [5.41, 5.74) is 1.71. The minimum Gasteiger partial charge on any atom is -0.497 e. The van der Waals surface area contributed by atoms with Crippen molar-refractivity contribution < 1.29 is 19.0 Å². The summed E-state index contributed by atoms with van der Waals surface area (Å²) in [4.78, 5) is 12.0. The van der Waals surface area contributed by atoms with Crippen LogP contribution in [0.3, 0.4) is 0 Å². The van der Waals surface area contributed by atoms with Crippen LogP contribution < -0.4 is 24.8 Å². The minimum atomic E-state index is -0.319. The summed E-state index contributed by atoms with van der Waals surface area (Å²) in [6.45, 7) is 9.27. The summed E-state index contributed by atoms with van der Waals surface area (Å²) in [5.74, 6) is 1.64. The number of halogens is 1. The molecule has 2 aromatic rings. The van der Waals surface area contributed by atoms with Gasteiger partial charge in [0.25, 0.3) is 5.91 Å². The Morgan fingerprint density at radius 3 is 2.30 bits per heavy atom. The van der Waals surface area contributed by atoms with E-state index in [4.69, 9.17) is 25.8 Å². The molecular formula is C23H31ClN2O4. The molecule has 0 atom stereocenters. The van der Waals surface area contributed by atoms with Crippen molar-refractivity contribution in [1.82, 2.24) is 10.6 Å². The second-order valence-corrected chi connectivity index (χ2v) is 8.27. The second-order valence-electron chi connectivity index (χ2n) is 7.86. The molecular weight excluding hydrogens is 404 g/mol. The number of carbonyl (C=O) groups excluding carboxylic acids is 1. The highest BCUT2D eigenvalue weighted by Gasteiger charge is 2.16. The third-order valence-electron chi connectivity index (χ3n) is 4.09. The van der Waals surface area contributed by atoms with Crippen LogP contribution in [0.15, 0.2) is 36.4 Å². The van der Waals surface area contributed by atoms with Crippen molar-refractivity contribution in [2.75, 3.05) is 20.3 Å². The molecule has 6 nitrogen and oxygen atoms in total. The van der Waals surface area contributed by atoms with Gasteiger partial charge in [-0.3, -0.25) is 4.79 Å². The second kappa shape index (κ2) is 11.1. The topological polar surface area (TPSA) is 68.8 Å². The van der Waals surface area contributed by atoms with Crippen molar-refractivity contribution in [1.29, 1.82) is 0 Å². The van der Waals surface area contributed by atoms with Gasteiger partial charge in [0.15, 0.2) is 18.1 Å². The number of ether oxygens (including phenoxy) is 3. The highest BCUT2D eigenvalue weighted by Crippen LogP contribution is 2.33. The van der Waals surface area contributed by atoms with Gasteiger partial charge in [0, 0.05) is 29.7 Å². The third kappa shape index (κ3) is 7.76. The fourth-order valence-electron chi connectivity index (χ4n) is 2.78. The smallest absolute Gasteiger partial charge is 0.258 e. The van der Waals surface area contributed by atoms with Gasteiger partial charge in [-0.15, -0.1) is 0 Å². The van der Waals surface area contributed by atoms with Crippen molar-refractivity contribution in [2.24, 2.45) is 0 Å². The summed E-state index contributed by atoms with van der Waals surface area (Å²) in [5, 5.41) is 6.79. The summed E-state index contributed by atoms with van der Waals surface area (Å²) in [7, 11) is 1.65. The van der Waals surface area contributed by atoms with E-state index in [1.165, 1.54) is 0 Å². The van der Waals surface area contributed by atoms with E-state index in [0.717, 1.165) is 16.9 Å². The van der Waals surface area contributed by atoms with Gasteiger partial charge < -0.3 is 24.8 Å². The maximum absolute atomic E-state index is 12.0. The number of rotatable bonds is 10. The van der Waals surface area contributed by atoms with Crippen LogP contribution in [0.1, 0.15) is 38.8 Å². The monoisotopic (exact) mass is 434 g/mol. The van der Waals surface area contributed by atoms with Crippen LogP contribution in [-0.2, 0) is 17.9 Å². The Morgan fingerprint density at radius 2 is 1.70 bits per heavy atom. The number of hydrogen-bond donors (Lipinski definition) is 2. The molecule has 2 rings (SSSR count). The van der Waals surface area contributed by atoms with E-state index in [2.05, 4.69) is 10.6 Å². The van der Waals surface area contributed by atoms with Gasteiger partial charge in [-0.2, -0.15) is 0 Å². The number of amides is 1. The summed E-state index contributed by atoms with van der Waals surface area (Å²) in [6, 6.07) is 11.4. The number of hydrogen-bond acceptors (Lipinski definition) is 5. The van der Waals surface area contributed by atoms with Crippen LogP contribution >= 0.6 is 11.6 Å². The van der Waals surface area contributed by atoms with Crippen molar-refractivity contribution in [3.05, 3.63) is 52.5 Å². The molecule has 30 heavy (non-hydrogen) atoms. The first-order valence-corrected chi connectivity index (χ1v) is 10.3. The molecule has 0 spiro atoms. The fourth-order valence-corrected chi connectivity index (χ4v) is 3.00. The largest absolute Gasteiger partial charge is 0.497 e. The number of nitrogens with one attached hydrogen (secondary N) is 2. The van der Waals surface area contributed by atoms with Crippen molar-refractivity contribution in [3.8, 4) is 17.2 Å². The maximum atomic E-state index is 12.0. The Morgan fingerprint density at radius 1 is 1.03 bits per heavy atom. The molecule has 0 saturated carbocycles. The molecule has 0 fully saturated rings. The molecule has 0 radical (unpaired) electrons. The van der Waals surface area contributed by atoms with E-state index in [1.807, 2.05) is 58.0 Å². The molecule has 164 valence electrons. The van der Waals surface area contributed by atoms with Crippen LogP contribution in [0, 0.1) is 0 Å². The van der Waals surface area contributed by atoms with E-state index in [-0.39, 0.29) is 18.1 Å². The zero-order valence-corrected chi connectivity index (χ0v) is 19.1. The summed E-state index contributed by atoms with van der Waals surface area (Å²) >= 11 is 6.45. The van der Waals surface area contributed by atoms with Gasteiger partial charge in [-0.25, -0.2) is 0 Å². The zero-order valence-electron chi connectivity index (χ0n) is 18.3. The lowest BCUT2D eigenvalue weighted by atomic mass is 10.1. The molecule has 0 bridgehead atoms. The lowest BCUT2D eigenvalue weighted by Gasteiger charge is -2.21. The Balaban J connectivity index is 2.01. The quantitative estimate of drug-likeness (QED) is 0.582. The van der Waals surface area contributed by atoms with Crippen LogP contribution in [0.5, 0.6) is 17.2 Å². The highest BCUT2D eigenvalue weighted by molar-refractivity contribution is 6.31. The Bertz CT molecular complexity index is 832. The van der Waals surface area contributed by atoms with E-state index >= 15 is 0 Å². The van der Waals surface area contributed by atoms with Gasteiger partial charge in [-0.05, 0) is 57.0 Å². The standard InChI is InChI=1S/C23H31ClN2O4/c1-6-29-20-11-17(14-25-13-16-7-9-18(28-5)10-8-16)19(24)12-21(20)30-15-22(27)26-23(2,3)4/h7-12,25H,6,13-15H2,1-5H3,(H,26,27). The average Bonchev–Trinajstić information content (AvgIpc) is 2.68. The predicted octanol–water partition coefficient (Wildman–Crippen LogP) is 4.33. The summed E-state index contributed by atoms with van der Waals surface area (Å²) in [6.07, 6.45) is 0. The van der Waals surface area contributed by atoms with Crippen LogP contribution in [0.25, 0.3) is 0 Å². The first-order chi connectivity index (χ1) is 14.2. The van der Waals surface area contributed by atoms with E-state index in [0.29, 0.717) is 36.2 Å². The van der Waals surface area contributed by atoms with E-state index < -0.39 is 0 Å². The highest BCUT2D eigenvalue weighted by atomic mass is 35.5. The van der Waals surface area contributed by atoms with Gasteiger partial charge in [0.2, 0.25) is 0 Å². The Hall–Kier alpha value is -2.44. The zero-order chi connectivity index (χ0) is 22.1. The van der Waals surface area contributed by atoms with Gasteiger partial charge in [0.1, 0.15) is 5.75 Å². The first kappa shape index (κ1) is 23.8. The van der Waals surface area contributed by atoms with Gasteiger partial charge >= 0.3 is 0 Å².